The summed E-state index contributed by atoms with van der Waals surface area (Å²) in [5.74, 6) is 1.15. The Kier molecular flexibility index (Phi) is 6.01. The van der Waals surface area contributed by atoms with E-state index in [2.05, 4.69) is 44.4 Å². The van der Waals surface area contributed by atoms with Crippen molar-refractivity contribution >= 4 is 11.9 Å². The van der Waals surface area contributed by atoms with Gasteiger partial charge in [0.05, 0.1) is 0 Å². The third-order valence-corrected chi connectivity index (χ3v) is 3.03. The van der Waals surface area contributed by atoms with Crippen molar-refractivity contribution in [2.45, 2.75) is 33.7 Å². The maximum absolute atomic E-state index is 3.38. The largest absolute Gasteiger partial charge is 0.315 e. The number of likely N-dealkylation sites (N-methyl/N-ethyl adjacent to an activating group) is 2. The van der Waals surface area contributed by atoms with Crippen LogP contribution in [-0.2, 0) is 0 Å². The Morgan fingerprint density at radius 2 is 1.92 bits per heavy atom. The van der Waals surface area contributed by atoms with E-state index in [4.69, 9.17) is 0 Å². The lowest BCUT2D eigenvalue weighted by molar-refractivity contribution is 0.252. The first-order valence-corrected chi connectivity index (χ1v) is 5.87. The SMILES string of the molecule is CCSN(C)C[C@@H](NC)C(C)(C)C. The van der Waals surface area contributed by atoms with Gasteiger partial charge in [-0.1, -0.05) is 39.6 Å². The molecule has 0 fully saturated rings. The molecule has 0 aliphatic rings. The lowest BCUT2D eigenvalue weighted by Crippen LogP contribution is -2.44. The molecule has 0 spiro atoms. The summed E-state index contributed by atoms with van der Waals surface area (Å²) in [6, 6.07) is 0.552. The second kappa shape index (κ2) is 5.89. The first kappa shape index (κ1) is 13.3. The molecule has 1 atom stereocenters. The van der Waals surface area contributed by atoms with Gasteiger partial charge in [0.15, 0.2) is 0 Å². The molecule has 0 heterocycles. The monoisotopic (exact) mass is 204 g/mol. The van der Waals surface area contributed by atoms with Crippen LogP contribution in [0.3, 0.4) is 0 Å². The van der Waals surface area contributed by atoms with Crippen molar-refractivity contribution < 1.29 is 0 Å². The summed E-state index contributed by atoms with van der Waals surface area (Å²) in [4.78, 5) is 0. The molecule has 2 nitrogen and oxygen atoms in total. The fourth-order valence-corrected chi connectivity index (χ4v) is 2.02. The molecule has 13 heavy (non-hydrogen) atoms. The lowest BCUT2D eigenvalue weighted by Gasteiger charge is -2.33. The zero-order valence-electron chi connectivity index (χ0n) is 9.85. The molecule has 0 amide bonds. The highest BCUT2D eigenvalue weighted by Gasteiger charge is 2.23. The summed E-state index contributed by atoms with van der Waals surface area (Å²) in [6.45, 7) is 10.1. The first-order chi connectivity index (χ1) is 5.91. The maximum Gasteiger partial charge on any atom is 0.0249 e. The summed E-state index contributed by atoms with van der Waals surface area (Å²) in [5, 5.41) is 3.38. The molecule has 0 aromatic heterocycles. The molecule has 0 radical (unpaired) electrons. The number of nitrogens with one attached hydrogen (secondary N) is 1. The summed E-state index contributed by atoms with van der Waals surface area (Å²) >= 11 is 1.88. The lowest BCUT2D eigenvalue weighted by atomic mass is 9.87. The molecular weight excluding hydrogens is 180 g/mol. The molecule has 1 N–H and O–H groups in total. The molecule has 0 aromatic rings. The van der Waals surface area contributed by atoms with E-state index < -0.39 is 0 Å². The summed E-state index contributed by atoms with van der Waals surface area (Å²) < 4.78 is 2.31. The number of nitrogens with zero attached hydrogens (tertiary/aromatic N) is 1. The van der Waals surface area contributed by atoms with E-state index in [0.717, 1.165) is 12.3 Å². The van der Waals surface area contributed by atoms with E-state index in [0.29, 0.717) is 11.5 Å². The maximum atomic E-state index is 3.38. The smallest absolute Gasteiger partial charge is 0.0249 e. The zero-order chi connectivity index (χ0) is 10.5. The second-order valence-corrected chi connectivity index (χ2v) is 5.89. The van der Waals surface area contributed by atoms with E-state index in [1.165, 1.54) is 0 Å². The van der Waals surface area contributed by atoms with Gasteiger partial charge in [-0.3, -0.25) is 4.31 Å². The zero-order valence-corrected chi connectivity index (χ0v) is 10.7. The quantitative estimate of drug-likeness (QED) is 0.691. The highest BCUT2D eigenvalue weighted by molar-refractivity contribution is 7.96. The normalized spacial score (nSPS) is 15.0. The molecule has 0 saturated heterocycles. The topological polar surface area (TPSA) is 15.3 Å². The molecule has 0 rings (SSSR count). The molecular formula is C10H24N2S. The average Bonchev–Trinajstić information content (AvgIpc) is 1.98. The fraction of sp³-hybridized carbons (Fsp3) is 1.00. The van der Waals surface area contributed by atoms with Crippen LogP contribution in [0.1, 0.15) is 27.7 Å². The van der Waals surface area contributed by atoms with E-state index >= 15 is 0 Å². The van der Waals surface area contributed by atoms with Gasteiger partial charge in [-0.2, -0.15) is 0 Å². The van der Waals surface area contributed by atoms with E-state index in [-0.39, 0.29) is 0 Å². The Labute approximate surface area is 87.6 Å². The Balaban J connectivity index is 3.98. The minimum Gasteiger partial charge on any atom is -0.315 e. The van der Waals surface area contributed by atoms with Crippen LogP contribution >= 0.6 is 11.9 Å². The molecule has 0 bridgehead atoms. The number of hydrogen-bond donors (Lipinski definition) is 1. The number of rotatable bonds is 5. The Morgan fingerprint density at radius 3 is 2.23 bits per heavy atom. The van der Waals surface area contributed by atoms with Gasteiger partial charge in [0, 0.05) is 18.3 Å². The van der Waals surface area contributed by atoms with Gasteiger partial charge in [0.25, 0.3) is 0 Å². The standard InChI is InChI=1S/C10H24N2S/c1-7-13-12(6)8-9(11-5)10(2,3)4/h9,11H,7-8H2,1-6H3/t9-/m1/s1. The van der Waals surface area contributed by atoms with E-state index in [1.54, 1.807) is 0 Å². The molecule has 0 aromatic carbocycles. The van der Waals surface area contributed by atoms with Crippen molar-refractivity contribution in [3.05, 3.63) is 0 Å². The van der Waals surface area contributed by atoms with Crippen LogP contribution in [0.25, 0.3) is 0 Å². The van der Waals surface area contributed by atoms with Crippen LogP contribution in [-0.4, -0.2) is 36.7 Å². The Morgan fingerprint density at radius 1 is 1.38 bits per heavy atom. The fourth-order valence-electron chi connectivity index (χ4n) is 1.33. The van der Waals surface area contributed by atoms with Crippen molar-refractivity contribution in [1.29, 1.82) is 0 Å². The summed E-state index contributed by atoms with van der Waals surface area (Å²) in [5.41, 5.74) is 0.331. The van der Waals surface area contributed by atoms with Crippen LogP contribution in [0.15, 0.2) is 0 Å². The van der Waals surface area contributed by atoms with Crippen LogP contribution in [0, 0.1) is 5.41 Å². The minimum atomic E-state index is 0.331. The van der Waals surface area contributed by atoms with Gasteiger partial charge in [-0.15, -0.1) is 0 Å². The van der Waals surface area contributed by atoms with Crippen molar-refractivity contribution in [3.63, 3.8) is 0 Å². The molecule has 0 unspecified atom stereocenters. The van der Waals surface area contributed by atoms with Crippen molar-refractivity contribution in [2.24, 2.45) is 5.41 Å². The summed E-state index contributed by atoms with van der Waals surface area (Å²) in [6.07, 6.45) is 0. The molecule has 80 valence electrons. The van der Waals surface area contributed by atoms with Gasteiger partial charge in [0.1, 0.15) is 0 Å². The predicted molar refractivity (Wildman–Crippen MR) is 63.1 cm³/mol. The Hall–Kier alpha value is 0.270. The van der Waals surface area contributed by atoms with E-state index in [1.807, 2.05) is 19.0 Å². The minimum absolute atomic E-state index is 0.331. The molecule has 0 saturated carbocycles. The number of hydrogen-bond acceptors (Lipinski definition) is 3. The average molecular weight is 204 g/mol. The Bertz CT molecular complexity index is 131. The third-order valence-electron chi connectivity index (χ3n) is 2.18. The summed E-state index contributed by atoms with van der Waals surface area (Å²) in [7, 11) is 4.20. The van der Waals surface area contributed by atoms with Gasteiger partial charge in [-0.25, -0.2) is 0 Å². The van der Waals surface area contributed by atoms with Crippen LogP contribution < -0.4 is 5.32 Å². The van der Waals surface area contributed by atoms with Gasteiger partial charge >= 0.3 is 0 Å². The molecule has 0 aliphatic carbocycles. The highest BCUT2D eigenvalue weighted by atomic mass is 32.2. The predicted octanol–water partition coefficient (Wildman–Crippen LogP) is 2.22. The second-order valence-electron chi connectivity index (χ2n) is 4.44. The van der Waals surface area contributed by atoms with Crippen molar-refractivity contribution in [1.82, 2.24) is 9.62 Å². The molecule has 0 aliphatic heterocycles. The van der Waals surface area contributed by atoms with Crippen LogP contribution in [0.4, 0.5) is 0 Å². The van der Waals surface area contributed by atoms with E-state index in [9.17, 15) is 0 Å². The van der Waals surface area contributed by atoms with Crippen LogP contribution in [0.5, 0.6) is 0 Å². The third kappa shape index (κ3) is 5.55. The van der Waals surface area contributed by atoms with Gasteiger partial charge in [-0.05, 0) is 19.5 Å². The van der Waals surface area contributed by atoms with Gasteiger partial charge in [0.2, 0.25) is 0 Å². The van der Waals surface area contributed by atoms with Crippen molar-refractivity contribution in [3.8, 4) is 0 Å². The van der Waals surface area contributed by atoms with Crippen LogP contribution in [0.2, 0.25) is 0 Å². The van der Waals surface area contributed by atoms with Crippen molar-refractivity contribution in [2.75, 3.05) is 26.4 Å². The first-order valence-electron chi connectivity index (χ1n) is 4.93. The molecule has 3 heteroatoms. The van der Waals surface area contributed by atoms with Gasteiger partial charge < -0.3 is 5.32 Å². The highest BCUT2D eigenvalue weighted by Crippen LogP contribution is 2.21.